The van der Waals surface area contributed by atoms with E-state index in [-0.39, 0.29) is 22.6 Å². The quantitative estimate of drug-likeness (QED) is 0.781. The lowest BCUT2D eigenvalue weighted by Gasteiger charge is -2.36. The molecule has 0 bridgehead atoms. The molecule has 2 aliphatic heterocycles. The largest absolute Gasteiger partial charge is 0.339 e. The zero-order valence-electron chi connectivity index (χ0n) is 12.9. The Morgan fingerprint density at radius 3 is 2.55 bits per heavy atom. The van der Waals surface area contributed by atoms with E-state index in [0.717, 1.165) is 38.8 Å². The smallest absolute Gasteiger partial charge is 0.245 e. The number of thioether (sulfide) groups is 1. The molecule has 0 N–H and O–H groups in total. The minimum absolute atomic E-state index is 0.131. The first-order chi connectivity index (χ1) is 9.56. The Bertz CT molecular complexity index is 374. The highest BCUT2D eigenvalue weighted by Gasteiger charge is 2.41. The highest BCUT2D eigenvalue weighted by Crippen LogP contribution is 2.33. The molecule has 1 unspecified atom stereocenters. The Morgan fingerprint density at radius 2 is 1.95 bits per heavy atom. The molecular formula is C15H26N2O2S. The molecule has 0 aromatic heterocycles. The zero-order valence-corrected chi connectivity index (χ0v) is 13.7. The van der Waals surface area contributed by atoms with Crippen molar-refractivity contribution < 1.29 is 9.59 Å². The van der Waals surface area contributed by atoms with Gasteiger partial charge in [-0.2, -0.15) is 11.8 Å². The number of amides is 2. The van der Waals surface area contributed by atoms with E-state index in [0.29, 0.717) is 13.0 Å². The predicted octanol–water partition coefficient (Wildman–Crippen LogP) is 2.13. The van der Waals surface area contributed by atoms with Crippen LogP contribution in [0.25, 0.3) is 0 Å². The van der Waals surface area contributed by atoms with Crippen molar-refractivity contribution >= 4 is 23.6 Å². The second kappa shape index (κ2) is 6.37. The van der Waals surface area contributed by atoms with E-state index in [4.69, 9.17) is 0 Å². The van der Waals surface area contributed by atoms with Gasteiger partial charge in [-0.15, -0.1) is 0 Å². The molecule has 114 valence electrons. The van der Waals surface area contributed by atoms with Gasteiger partial charge in [0.1, 0.15) is 6.04 Å². The highest BCUT2D eigenvalue weighted by molar-refractivity contribution is 8.00. The number of hydrogen-bond donors (Lipinski definition) is 0. The third-order valence-corrected chi connectivity index (χ3v) is 6.54. The summed E-state index contributed by atoms with van der Waals surface area (Å²) < 4.78 is 0.131. The van der Waals surface area contributed by atoms with Gasteiger partial charge >= 0.3 is 0 Å². The summed E-state index contributed by atoms with van der Waals surface area (Å²) in [7, 11) is 0. The molecule has 0 radical (unpaired) electrons. The van der Waals surface area contributed by atoms with E-state index in [1.54, 1.807) is 4.90 Å². The van der Waals surface area contributed by atoms with Crippen LogP contribution in [0, 0.1) is 0 Å². The Labute approximate surface area is 126 Å². The Hall–Kier alpha value is -0.710. The molecule has 0 spiro atoms. The van der Waals surface area contributed by atoms with Gasteiger partial charge in [-0.3, -0.25) is 9.59 Å². The van der Waals surface area contributed by atoms with Crippen molar-refractivity contribution in [2.24, 2.45) is 0 Å². The number of carbonyl (C=O) groups is 2. The average Bonchev–Trinajstić information content (AvgIpc) is 2.93. The molecule has 2 saturated heterocycles. The van der Waals surface area contributed by atoms with Gasteiger partial charge < -0.3 is 9.80 Å². The van der Waals surface area contributed by atoms with Gasteiger partial charge in [-0.05, 0) is 31.9 Å². The van der Waals surface area contributed by atoms with E-state index >= 15 is 0 Å². The van der Waals surface area contributed by atoms with Crippen LogP contribution >= 0.6 is 11.8 Å². The number of carbonyl (C=O) groups excluding carboxylic acids is 2. The molecule has 2 fully saturated rings. The number of rotatable bonds is 5. The van der Waals surface area contributed by atoms with E-state index in [9.17, 15) is 9.59 Å². The van der Waals surface area contributed by atoms with Gasteiger partial charge in [0.2, 0.25) is 11.8 Å². The summed E-state index contributed by atoms with van der Waals surface area (Å²) in [5.41, 5.74) is 0. The highest BCUT2D eigenvalue weighted by atomic mass is 32.2. The molecule has 1 atom stereocenters. The fraction of sp³-hybridized carbons (Fsp3) is 0.867. The summed E-state index contributed by atoms with van der Waals surface area (Å²) in [5, 5.41) is 0. The molecule has 2 amide bonds. The van der Waals surface area contributed by atoms with Crippen LogP contribution in [0.3, 0.4) is 0 Å². The topological polar surface area (TPSA) is 40.6 Å². The molecule has 4 nitrogen and oxygen atoms in total. The van der Waals surface area contributed by atoms with Gasteiger partial charge in [0, 0.05) is 30.8 Å². The molecule has 0 aliphatic carbocycles. The van der Waals surface area contributed by atoms with Gasteiger partial charge in [0.05, 0.1) is 0 Å². The van der Waals surface area contributed by atoms with Crippen LogP contribution in [-0.2, 0) is 9.59 Å². The molecule has 0 aromatic carbocycles. The Balaban J connectivity index is 2.15. The SMILES string of the molecule is CCC(CC)(CN1CCC(=O)N2CCCC2C1=O)SC. The maximum Gasteiger partial charge on any atom is 0.245 e. The Morgan fingerprint density at radius 1 is 1.25 bits per heavy atom. The molecule has 2 aliphatic rings. The summed E-state index contributed by atoms with van der Waals surface area (Å²) in [6.45, 7) is 6.51. The molecule has 5 heteroatoms. The van der Waals surface area contributed by atoms with Crippen LogP contribution in [-0.4, -0.2) is 58.3 Å². The molecule has 0 saturated carbocycles. The van der Waals surface area contributed by atoms with Crippen LogP contribution in [0.4, 0.5) is 0 Å². The minimum Gasteiger partial charge on any atom is -0.339 e. The lowest BCUT2D eigenvalue weighted by atomic mass is 10.0. The summed E-state index contributed by atoms with van der Waals surface area (Å²) in [6.07, 6.45) is 6.52. The summed E-state index contributed by atoms with van der Waals surface area (Å²) in [5.74, 6) is 0.333. The maximum atomic E-state index is 12.7. The van der Waals surface area contributed by atoms with Crippen molar-refractivity contribution in [3.63, 3.8) is 0 Å². The third kappa shape index (κ3) is 2.83. The van der Waals surface area contributed by atoms with Crippen LogP contribution in [0.15, 0.2) is 0 Å². The normalized spacial score (nSPS) is 24.1. The molecule has 2 heterocycles. The first-order valence-electron chi connectivity index (χ1n) is 7.70. The van der Waals surface area contributed by atoms with E-state index in [1.807, 2.05) is 16.7 Å². The van der Waals surface area contributed by atoms with Crippen molar-refractivity contribution in [2.75, 3.05) is 25.9 Å². The molecular weight excluding hydrogens is 272 g/mol. The summed E-state index contributed by atoms with van der Waals surface area (Å²) >= 11 is 1.85. The van der Waals surface area contributed by atoms with E-state index < -0.39 is 0 Å². The maximum absolute atomic E-state index is 12.7. The second-order valence-electron chi connectivity index (χ2n) is 5.85. The molecule has 2 rings (SSSR count). The monoisotopic (exact) mass is 298 g/mol. The lowest BCUT2D eigenvalue weighted by Crippen LogP contribution is -2.48. The minimum atomic E-state index is -0.182. The van der Waals surface area contributed by atoms with Crippen molar-refractivity contribution in [2.45, 2.75) is 56.7 Å². The van der Waals surface area contributed by atoms with Crippen molar-refractivity contribution in [3.8, 4) is 0 Å². The van der Waals surface area contributed by atoms with E-state index in [2.05, 4.69) is 20.1 Å². The second-order valence-corrected chi connectivity index (χ2v) is 7.12. The molecule has 0 aromatic rings. The third-order valence-electron chi connectivity index (χ3n) is 4.97. The Kier molecular flexibility index (Phi) is 4.99. The van der Waals surface area contributed by atoms with Crippen molar-refractivity contribution in [1.82, 2.24) is 9.80 Å². The summed E-state index contributed by atoms with van der Waals surface area (Å²) in [4.78, 5) is 28.6. The standard InChI is InChI=1S/C15H26N2O2S/c1-4-15(5-2,20-3)11-16-10-8-13(18)17-9-6-7-12(17)14(16)19/h12H,4-11H2,1-3H3. The summed E-state index contributed by atoms with van der Waals surface area (Å²) in [6, 6.07) is -0.182. The first-order valence-corrected chi connectivity index (χ1v) is 8.92. The van der Waals surface area contributed by atoms with Crippen LogP contribution in [0.5, 0.6) is 0 Å². The number of nitrogens with zero attached hydrogens (tertiary/aromatic N) is 2. The van der Waals surface area contributed by atoms with Crippen molar-refractivity contribution in [1.29, 1.82) is 0 Å². The van der Waals surface area contributed by atoms with Gasteiger partial charge in [0.25, 0.3) is 0 Å². The molecule has 20 heavy (non-hydrogen) atoms. The van der Waals surface area contributed by atoms with Crippen LogP contribution < -0.4 is 0 Å². The zero-order chi connectivity index (χ0) is 14.8. The van der Waals surface area contributed by atoms with Gasteiger partial charge in [0.15, 0.2) is 0 Å². The fourth-order valence-electron chi connectivity index (χ4n) is 3.35. The first kappa shape index (κ1) is 15.7. The lowest BCUT2D eigenvalue weighted by molar-refractivity contribution is -0.139. The fourth-order valence-corrected chi connectivity index (χ4v) is 4.21. The van der Waals surface area contributed by atoms with Crippen molar-refractivity contribution in [3.05, 3.63) is 0 Å². The predicted molar refractivity (Wildman–Crippen MR) is 82.8 cm³/mol. The van der Waals surface area contributed by atoms with Crippen LogP contribution in [0.2, 0.25) is 0 Å². The van der Waals surface area contributed by atoms with Crippen LogP contribution in [0.1, 0.15) is 46.0 Å². The number of fused-ring (bicyclic) bond motifs is 1. The number of hydrogen-bond acceptors (Lipinski definition) is 3. The van der Waals surface area contributed by atoms with Gasteiger partial charge in [-0.25, -0.2) is 0 Å². The van der Waals surface area contributed by atoms with Gasteiger partial charge in [-0.1, -0.05) is 13.8 Å². The average molecular weight is 298 g/mol. The van der Waals surface area contributed by atoms with E-state index in [1.165, 1.54) is 0 Å².